The summed E-state index contributed by atoms with van der Waals surface area (Å²) in [4.78, 5) is 28.2. The average molecular weight is 412 g/mol. The maximum Gasteiger partial charge on any atom is 0.269 e. The zero-order valence-electron chi connectivity index (χ0n) is 13.5. The van der Waals surface area contributed by atoms with Crippen molar-refractivity contribution in [1.82, 2.24) is 15.8 Å². The molecule has 1 heterocycles. The summed E-state index contributed by atoms with van der Waals surface area (Å²) >= 11 is 3.30. The third-order valence-corrected chi connectivity index (χ3v) is 3.85. The Morgan fingerprint density at radius 1 is 0.808 bits per heavy atom. The van der Waals surface area contributed by atoms with Gasteiger partial charge in [0.15, 0.2) is 0 Å². The van der Waals surface area contributed by atoms with Crippen LogP contribution in [0.25, 0.3) is 0 Å². The van der Waals surface area contributed by atoms with Crippen molar-refractivity contribution in [2.24, 2.45) is 0 Å². The molecule has 7 heteroatoms. The Morgan fingerprint density at radius 3 is 2.08 bits per heavy atom. The molecule has 0 aliphatic carbocycles. The Labute approximate surface area is 158 Å². The van der Waals surface area contributed by atoms with Gasteiger partial charge in [-0.3, -0.25) is 25.4 Å². The van der Waals surface area contributed by atoms with E-state index in [2.05, 4.69) is 31.8 Å². The molecule has 0 aliphatic heterocycles. The molecule has 26 heavy (non-hydrogen) atoms. The van der Waals surface area contributed by atoms with E-state index in [1.54, 1.807) is 67.0 Å². The second kappa shape index (κ2) is 8.26. The lowest BCUT2D eigenvalue weighted by molar-refractivity contribution is 0.0846. The zero-order valence-corrected chi connectivity index (χ0v) is 15.1. The molecule has 2 amide bonds. The summed E-state index contributed by atoms with van der Waals surface area (Å²) in [6.45, 7) is 0. The van der Waals surface area contributed by atoms with Gasteiger partial charge in [-0.1, -0.05) is 28.1 Å². The zero-order chi connectivity index (χ0) is 18.4. The molecule has 0 bridgehead atoms. The number of nitrogens with one attached hydrogen (secondary N) is 2. The molecule has 0 unspecified atom stereocenters. The minimum absolute atomic E-state index is 0.353. The molecule has 3 aromatic rings. The molecule has 0 spiro atoms. The predicted molar refractivity (Wildman–Crippen MR) is 99.8 cm³/mol. The summed E-state index contributed by atoms with van der Waals surface area (Å²) in [6.07, 6.45) is 3.23. The van der Waals surface area contributed by atoms with Crippen LogP contribution < -0.4 is 15.6 Å². The van der Waals surface area contributed by atoms with Gasteiger partial charge in [0, 0.05) is 28.0 Å². The van der Waals surface area contributed by atoms with Gasteiger partial charge in [-0.05, 0) is 48.5 Å². The van der Waals surface area contributed by atoms with Crippen LogP contribution in [-0.4, -0.2) is 16.8 Å². The highest BCUT2D eigenvalue weighted by atomic mass is 79.9. The number of carbonyl (C=O) groups excluding carboxylic acids is 2. The molecule has 0 saturated heterocycles. The SMILES string of the molecule is O=C(NNC(=O)c1cccc(Oc2ccncc2)c1)c1cccc(Br)c1. The molecule has 2 N–H and O–H groups in total. The van der Waals surface area contributed by atoms with Crippen LogP contribution >= 0.6 is 15.9 Å². The highest BCUT2D eigenvalue weighted by Gasteiger charge is 2.10. The number of nitrogens with zero attached hydrogens (tertiary/aromatic N) is 1. The van der Waals surface area contributed by atoms with Crippen LogP contribution in [0.4, 0.5) is 0 Å². The molecule has 6 nitrogen and oxygen atoms in total. The number of ether oxygens (including phenoxy) is 1. The van der Waals surface area contributed by atoms with Crippen molar-refractivity contribution in [1.29, 1.82) is 0 Å². The number of rotatable bonds is 4. The average Bonchev–Trinajstić information content (AvgIpc) is 2.67. The molecule has 0 saturated carbocycles. The number of hydrazine groups is 1. The molecule has 2 aromatic carbocycles. The van der Waals surface area contributed by atoms with Crippen LogP contribution in [0.3, 0.4) is 0 Å². The molecule has 0 atom stereocenters. The standard InChI is InChI=1S/C19H14BrN3O3/c20-15-5-1-3-13(11-15)18(24)22-23-19(25)14-4-2-6-17(12-14)26-16-7-9-21-10-8-16/h1-12H,(H,22,24)(H,23,25). The molecular formula is C19H14BrN3O3. The number of halogens is 1. The van der Waals surface area contributed by atoms with Gasteiger partial charge < -0.3 is 4.74 Å². The van der Waals surface area contributed by atoms with Gasteiger partial charge in [-0.25, -0.2) is 0 Å². The summed E-state index contributed by atoms with van der Waals surface area (Å²) in [6, 6.07) is 16.9. The van der Waals surface area contributed by atoms with Crippen molar-refractivity contribution in [3.63, 3.8) is 0 Å². The van der Waals surface area contributed by atoms with E-state index in [1.807, 2.05) is 6.07 Å². The van der Waals surface area contributed by atoms with E-state index in [0.29, 0.717) is 22.6 Å². The van der Waals surface area contributed by atoms with E-state index >= 15 is 0 Å². The van der Waals surface area contributed by atoms with Gasteiger partial charge in [0.1, 0.15) is 11.5 Å². The molecule has 0 fully saturated rings. The summed E-state index contributed by atoms with van der Waals surface area (Å²) in [5.74, 6) is 0.250. The quantitative estimate of drug-likeness (QED) is 0.641. The minimum Gasteiger partial charge on any atom is -0.457 e. The fourth-order valence-electron chi connectivity index (χ4n) is 2.13. The van der Waals surface area contributed by atoms with Gasteiger partial charge in [0.2, 0.25) is 0 Å². The number of benzene rings is 2. The van der Waals surface area contributed by atoms with E-state index in [1.165, 1.54) is 0 Å². The number of amides is 2. The molecule has 0 radical (unpaired) electrons. The number of hydrogen-bond acceptors (Lipinski definition) is 4. The number of carbonyl (C=O) groups is 2. The van der Waals surface area contributed by atoms with E-state index < -0.39 is 11.8 Å². The van der Waals surface area contributed by atoms with Crippen LogP contribution in [0.1, 0.15) is 20.7 Å². The molecular weight excluding hydrogens is 398 g/mol. The van der Waals surface area contributed by atoms with E-state index in [4.69, 9.17) is 4.74 Å². The first kappa shape index (κ1) is 17.6. The minimum atomic E-state index is -0.450. The van der Waals surface area contributed by atoms with Crippen molar-refractivity contribution in [3.05, 3.63) is 88.7 Å². The lowest BCUT2D eigenvalue weighted by atomic mass is 10.2. The topological polar surface area (TPSA) is 80.3 Å². The van der Waals surface area contributed by atoms with Crippen molar-refractivity contribution >= 4 is 27.7 Å². The maximum atomic E-state index is 12.3. The molecule has 130 valence electrons. The second-order valence-corrected chi connectivity index (χ2v) is 6.15. The summed E-state index contributed by atoms with van der Waals surface area (Å²) < 4.78 is 6.44. The molecule has 1 aromatic heterocycles. The van der Waals surface area contributed by atoms with Crippen LogP contribution in [0.2, 0.25) is 0 Å². The Morgan fingerprint density at radius 2 is 1.42 bits per heavy atom. The van der Waals surface area contributed by atoms with Crippen molar-refractivity contribution < 1.29 is 14.3 Å². The third kappa shape index (κ3) is 4.67. The summed E-state index contributed by atoms with van der Waals surface area (Å²) in [5, 5.41) is 0. The van der Waals surface area contributed by atoms with Crippen molar-refractivity contribution in [2.75, 3.05) is 0 Å². The number of aromatic nitrogens is 1. The number of hydrogen-bond donors (Lipinski definition) is 2. The number of pyridine rings is 1. The normalized spacial score (nSPS) is 10.0. The Balaban J connectivity index is 1.63. The molecule has 3 rings (SSSR count). The summed E-state index contributed by atoms with van der Waals surface area (Å²) in [5.41, 5.74) is 5.55. The first-order chi connectivity index (χ1) is 12.6. The maximum absolute atomic E-state index is 12.3. The highest BCUT2D eigenvalue weighted by Crippen LogP contribution is 2.21. The second-order valence-electron chi connectivity index (χ2n) is 5.23. The lowest BCUT2D eigenvalue weighted by Crippen LogP contribution is -2.41. The Bertz CT molecular complexity index is 932. The van der Waals surface area contributed by atoms with Gasteiger partial charge in [0.25, 0.3) is 11.8 Å². The Hall–Kier alpha value is -3.19. The fraction of sp³-hybridized carbons (Fsp3) is 0. The van der Waals surface area contributed by atoms with Crippen molar-refractivity contribution in [2.45, 2.75) is 0 Å². The molecule has 0 aliphatic rings. The van der Waals surface area contributed by atoms with Gasteiger partial charge in [0.05, 0.1) is 0 Å². The largest absolute Gasteiger partial charge is 0.457 e. The lowest BCUT2D eigenvalue weighted by Gasteiger charge is -2.09. The van der Waals surface area contributed by atoms with E-state index in [-0.39, 0.29) is 0 Å². The van der Waals surface area contributed by atoms with Crippen LogP contribution in [0.5, 0.6) is 11.5 Å². The highest BCUT2D eigenvalue weighted by molar-refractivity contribution is 9.10. The predicted octanol–water partition coefficient (Wildman–Crippen LogP) is 3.71. The third-order valence-electron chi connectivity index (χ3n) is 3.36. The van der Waals surface area contributed by atoms with Crippen LogP contribution in [-0.2, 0) is 0 Å². The van der Waals surface area contributed by atoms with Gasteiger partial charge >= 0.3 is 0 Å². The van der Waals surface area contributed by atoms with E-state index in [0.717, 1.165) is 4.47 Å². The van der Waals surface area contributed by atoms with Crippen LogP contribution in [0, 0.1) is 0 Å². The first-order valence-electron chi connectivity index (χ1n) is 7.66. The smallest absolute Gasteiger partial charge is 0.269 e. The first-order valence-corrected chi connectivity index (χ1v) is 8.45. The van der Waals surface area contributed by atoms with Gasteiger partial charge in [-0.2, -0.15) is 0 Å². The van der Waals surface area contributed by atoms with Crippen molar-refractivity contribution in [3.8, 4) is 11.5 Å². The van der Waals surface area contributed by atoms with Gasteiger partial charge in [-0.15, -0.1) is 0 Å². The Kier molecular flexibility index (Phi) is 5.60. The van der Waals surface area contributed by atoms with E-state index in [9.17, 15) is 9.59 Å². The fourth-order valence-corrected chi connectivity index (χ4v) is 2.53. The summed E-state index contributed by atoms with van der Waals surface area (Å²) in [7, 11) is 0. The van der Waals surface area contributed by atoms with Crippen LogP contribution in [0.15, 0.2) is 77.5 Å². The monoisotopic (exact) mass is 411 g/mol.